The molecule has 1 amide bonds. The number of alkyl halides is 3. The summed E-state index contributed by atoms with van der Waals surface area (Å²) in [7, 11) is 0. The molecule has 2 aromatic rings. The third-order valence-corrected chi connectivity index (χ3v) is 4.13. The van der Waals surface area contributed by atoms with E-state index in [4.69, 9.17) is 10.5 Å². The number of carbonyl (C=O) groups excluding carboxylic acids is 1. The van der Waals surface area contributed by atoms with E-state index in [0.29, 0.717) is 30.6 Å². The fourth-order valence-corrected chi connectivity index (χ4v) is 2.77. The molecule has 0 bridgehead atoms. The van der Waals surface area contributed by atoms with Crippen LogP contribution in [0.5, 0.6) is 11.6 Å². The number of hydrogen-bond donors (Lipinski definition) is 1. The van der Waals surface area contributed by atoms with Crippen LogP contribution in [0.15, 0.2) is 42.6 Å². The van der Waals surface area contributed by atoms with Crippen molar-refractivity contribution in [2.75, 3.05) is 13.1 Å². The molecule has 3 rings (SSSR count). The molecule has 0 saturated carbocycles. The van der Waals surface area contributed by atoms with Crippen LogP contribution in [0, 0.1) is 0 Å². The van der Waals surface area contributed by atoms with Gasteiger partial charge in [-0.3, -0.25) is 4.79 Å². The summed E-state index contributed by atoms with van der Waals surface area (Å²) in [5.74, 6) is 0.322. The standard InChI is InChI=1S/C18H18F3N3O2/c19-18(20,21)13-5-8-16(23-10-13)26-15-6-3-12(4-7-15)17(25)24-9-1-2-14(22)11-24/h3-8,10,14H,1-2,9,11,22H2. The number of nitrogens with two attached hydrogens (primary N) is 1. The summed E-state index contributed by atoms with van der Waals surface area (Å²) in [4.78, 5) is 17.8. The molecule has 5 nitrogen and oxygen atoms in total. The van der Waals surface area contributed by atoms with Gasteiger partial charge in [-0.15, -0.1) is 0 Å². The van der Waals surface area contributed by atoms with Gasteiger partial charge in [0.15, 0.2) is 0 Å². The monoisotopic (exact) mass is 365 g/mol. The highest BCUT2D eigenvalue weighted by Gasteiger charge is 2.30. The number of nitrogens with zero attached hydrogens (tertiary/aromatic N) is 2. The third-order valence-electron chi connectivity index (χ3n) is 4.13. The van der Waals surface area contributed by atoms with Crippen molar-refractivity contribution in [3.63, 3.8) is 0 Å². The number of piperidine rings is 1. The first-order valence-electron chi connectivity index (χ1n) is 8.19. The molecular weight excluding hydrogens is 347 g/mol. The van der Waals surface area contributed by atoms with Gasteiger partial charge in [-0.2, -0.15) is 13.2 Å². The lowest BCUT2D eigenvalue weighted by atomic mass is 10.1. The van der Waals surface area contributed by atoms with Crippen molar-refractivity contribution in [3.05, 3.63) is 53.7 Å². The zero-order valence-electron chi connectivity index (χ0n) is 13.9. The number of ether oxygens (including phenoxy) is 1. The van der Waals surface area contributed by atoms with E-state index in [2.05, 4.69) is 4.98 Å². The molecule has 1 aliphatic heterocycles. The first kappa shape index (κ1) is 18.2. The number of carbonyl (C=O) groups is 1. The lowest BCUT2D eigenvalue weighted by Gasteiger charge is -2.30. The van der Waals surface area contributed by atoms with E-state index in [1.54, 1.807) is 29.2 Å². The van der Waals surface area contributed by atoms with Crippen molar-refractivity contribution in [3.8, 4) is 11.6 Å². The molecule has 1 aliphatic rings. The van der Waals surface area contributed by atoms with Crippen LogP contribution in [0.2, 0.25) is 0 Å². The van der Waals surface area contributed by atoms with Crippen LogP contribution in [-0.2, 0) is 6.18 Å². The summed E-state index contributed by atoms with van der Waals surface area (Å²) in [6, 6.07) is 8.44. The predicted octanol–water partition coefficient (Wildman–Crippen LogP) is 3.46. The first-order chi connectivity index (χ1) is 12.3. The minimum absolute atomic E-state index is 0.000973. The number of pyridine rings is 1. The second kappa shape index (κ2) is 7.33. The van der Waals surface area contributed by atoms with Gasteiger partial charge in [0.1, 0.15) is 5.75 Å². The van der Waals surface area contributed by atoms with E-state index < -0.39 is 11.7 Å². The lowest BCUT2D eigenvalue weighted by Crippen LogP contribution is -2.45. The van der Waals surface area contributed by atoms with Crippen LogP contribution < -0.4 is 10.5 Å². The number of amides is 1. The maximum atomic E-state index is 12.5. The van der Waals surface area contributed by atoms with Crippen molar-refractivity contribution in [1.29, 1.82) is 0 Å². The molecule has 2 N–H and O–H groups in total. The zero-order valence-corrected chi connectivity index (χ0v) is 13.9. The Morgan fingerprint density at radius 1 is 1.19 bits per heavy atom. The Morgan fingerprint density at radius 3 is 2.50 bits per heavy atom. The number of likely N-dealkylation sites (tertiary alicyclic amines) is 1. The highest BCUT2D eigenvalue weighted by atomic mass is 19.4. The van der Waals surface area contributed by atoms with Gasteiger partial charge in [-0.1, -0.05) is 0 Å². The number of aromatic nitrogens is 1. The Kier molecular flexibility index (Phi) is 5.13. The van der Waals surface area contributed by atoms with E-state index in [0.717, 1.165) is 25.0 Å². The van der Waals surface area contributed by atoms with Crippen LogP contribution >= 0.6 is 0 Å². The summed E-state index contributed by atoms with van der Waals surface area (Å²) < 4.78 is 43.0. The molecule has 2 heterocycles. The van der Waals surface area contributed by atoms with Crippen molar-refractivity contribution in [2.24, 2.45) is 5.73 Å². The molecule has 0 aliphatic carbocycles. The fourth-order valence-electron chi connectivity index (χ4n) is 2.77. The van der Waals surface area contributed by atoms with Gasteiger partial charge in [0.25, 0.3) is 5.91 Å². The second-order valence-electron chi connectivity index (χ2n) is 6.16. The van der Waals surface area contributed by atoms with Crippen LogP contribution in [0.25, 0.3) is 0 Å². The molecule has 138 valence electrons. The Bertz CT molecular complexity index is 761. The molecule has 1 aromatic heterocycles. The summed E-state index contributed by atoms with van der Waals surface area (Å²) in [5, 5.41) is 0. The summed E-state index contributed by atoms with van der Waals surface area (Å²) in [6.45, 7) is 1.22. The van der Waals surface area contributed by atoms with Gasteiger partial charge in [0.05, 0.1) is 5.56 Å². The van der Waals surface area contributed by atoms with E-state index in [9.17, 15) is 18.0 Å². The fraction of sp³-hybridized carbons (Fsp3) is 0.333. The molecule has 1 aromatic carbocycles. The van der Waals surface area contributed by atoms with Crippen molar-refractivity contribution in [1.82, 2.24) is 9.88 Å². The van der Waals surface area contributed by atoms with Crippen LogP contribution in [0.3, 0.4) is 0 Å². The predicted molar refractivity (Wildman–Crippen MR) is 88.9 cm³/mol. The Labute approximate surface area is 148 Å². The molecule has 0 spiro atoms. The topological polar surface area (TPSA) is 68.5 Å². The van der Waals surface area contributed by atoms with Crippen LogP contribution in [0.4, 0.5) is 13.2 Å². The Balaban J connectivity index is 1.65. The maximum Gasteiger partial charge on any atom is 0.417 e. The molecular formula is C18H18F3N3O2. The van der Waals surface area contributed by atoms with Crippen molar-refractivity contribution in [2.45, 2.75) is 25.1 Å². The van der Waals surface area contributed by atoms with Gasteiger partial charge in [-0.25, -0.2) is 4.98 Å². The number of rotatable bonds is 3. The third kappa shape index (κ3) is 4.32. The van der Waals surface area contributed by atoms with Crippen LogP contribution in [-0.4, -0.2) is 34.9 Å². The van der Waals surface area contributed by atoms with Gasteiger partial charge < -0.3 is 15.4 Å². The van der Waals surface area contributed by atoms with Gasteiger partial charge >= 0.3 is 6.18 Å². The number of benzene rings is 1. The average molecular weight is 365 g/mol. The summed E-state index contributed by atoms with van der Waals surface area (Å²) >= 11 is 0. The largest absolute Gasteiger partial charge is 0.439 e. The SMILES string of the molecule is NC1CCCN(C(=O)c2ccc(Oc3ccc(C(F)(F)F)cn3)cc2)C1. The molecule has 1 fully saturated rings. The molecule has 0 radical (unpaired) electrons. The Morgan fingerprint density at radius 2 is 1.92 bits per heavy atom. The van der Waals surface area contributed by atoms with Gasteiger partial charge in [-0.05, 0) is 43.2 Å². The second-order valence-corrected chi connectivity index (χ2v) is 6.16. The normalized spacial score (nSPS) is 17.8. The van der Waals surface area contributed by atoms with E-state index >= 15 is 0 Å². The molecule has 1 unspecified atom stereocenters. The highest BCUT2D eigenvalue weighted by Crippen LogP contribution is 2.30. The lowest BCUT2D eigenvalue weighted by molar-refractivity contribution is -0.137. The zero-order chi connectivity index (χ0) is 18.7. The number of halogens is 3. The minimum Gasteiger partial charge on any atom is -0.439 e. The van der Waals surface area contributed by atoms with E-state index in [1.807, 2.05) is 0 Å². The van der Waals surface area contributed by atoms with Gasteiger partial charge in [0, 0.05) is 37.0 Å². The van der Waals surface area contributed by atoms with Gasteiger partial charge in [0.2, 0.25) is 5.88 Å². The van der Waals surface area contributed by atoms with E-state index in [1.165, 1.54) is 0 Å². The number of hydrogen-bond acceptors (Lipinski definition) is 4. The van der Waals surface area contributed by atoms with Crippen LogP contribution in [0.1, 0.15) is 28.8 Å². The van der Waals surface area contributed by atoms with Crippen molar-refractivity contribution < 1.29 is 22.7 Å². The van der Waals surface area contributed by atoms with E-state index in [-0.39, 0.29) is 17.8 Å². The smallest absolute Gasteiger partial charge is 0.417 e. The quantitative estimate of drug-likeness (QED) is 0.905. The maximum absolute atomic E-state index is 12.5. The molecule has 1 atom stereocenters. The minimum atomic E-state index is -4.44. The average Bonchev–Trinajstić information content (AvgIpc) is 2.61. The molecule has 8 heteroatoms. The molecule has 1 saturated heterocycles. The molecule has 26 heavy (non-hydrogen) atoms. The highest BCUT2D eigenvalue weighted by molar-refractivity contribution is 5.94. The Hall–Kier alpha value is -2.61. The van der Waals surface area contributed by atoms with Crippen molar-refractivity contribution >= 4 is 5.91 Å². The summed E-state index contributed by atoms with van der Waals surface area (Å²) in [6.07, 6.45) is -1.93. The first-order valence-corrected chi connectivity index (χ1v) is 8.19. The summed E-state index contributed by atoms with van der Waals surface area (Å²) in [5.41, 5.74) is 5.56.